The van der Waals surface area contributed by atoms with Crippen molar-refractivity contribution >= 4 is 5.97 Å². The zero-order valence-electron chi connectivity index (χ0n) is 7.53. The summed E-state index contributed by atoms with van der Waals surface area (Å²) < 4.78 is 1.58. The number of carbonyl (C=O) groups is 1. The molecule has 0 spiro atoms. The number of allylic oxidation sites excluding steroid dienone is 1. The van der Waals surface area contributed by atoms with Crippen LogP contribution in [0.4, 0.5) is 0 Å². The standard InChI is InChI=1S/C9H12N2O2/c1-3-7(2)5-11-6-8(4-10-11)9(12)13/h4,6H,2-3,5H2,1H3,(H,12,13). The molecule has 0 aliphatic carbocycles. The molecule has 4 nitrogen and oxygen atoms in total. The molecule has 0 unspecified atom stereocenters. The van der Waals surface area contributed by atoms with Gasteiger partial charge in [-0.05, 0) is 6.42 Å². The van der Waals surface area contributed by atoms with E-state index >= 15 is 0 Å². The summed E-state index contributed by atoms with van der Waals surface area (Å²) in [5.74, 6) is -0.951. The lowest BCUT2D eigenvalue weighted by Gasteiger charge is -2.00. The smallest absolute Gasteiger partial charge is 0.338 e. The highest BCUT2D eigenvalue weighted by Gasteiger charge is 2.05. The molecule has 0 amide bonds. The van der Waals surface area contributed by atoms with Gasteiger partial charge in [-0.25, -0.2) is 4.79 Å². The molecule has 0 fully saturated rings. The largest absolute Gasteiger partial charge is 0.478 e. The van der Waals surface area contributed by atoms with Gasteiger partial charge in [-0.15, -0.1) is 0 Å². The quantitative estimate of drug-likeness (QED) is 0.715. The van der Waals surface area contributed by atoms with E-state index in [1.165, 1.54) is 12.4 Å². The molecule has 0 saturated carbocycles. The van der Waals surface area contributed by atoms with Crippen LogP contribution in [0.15, 0.2) is 24.5 Å². The van der Waals surface area contributed by atoms with Gasteiger partial charge in [0.15, 0.2) is 0 Å². The first kappa shape index (κ1) is 9.51. The highest BCUT2D eigenvalue weighted by atomic mass is 16.4. The van der Waals surface area contributed by atoms with Crippen molar-refractivity contribution in [1.82, 2.24) is 9.78 Å². The van der Waals surface area contributed by atoms with Crippen LogP contribution in [0.2, 0.25) is 0 Å². The Morgan fingerprint density at radius 2 is 2.46 bits per heavy atom. The molecule has 1 N–H and O–H groups in total. The Morgan fingerprint density at radius 3 is 2.92 bits per heavy atom. The summed E-state index contributed by atoms with van der Waals surface area (Å²) >= 11 is 0. The van der Waals surface area contributed by atoms with Crippen molar-refractivity contribution in [3.05, 3.63) is 30.1 Å². The summed E-state index contributed by atoms with van der Waals surface area (Å²) in [5.41, 5.74) is 1.24. The first-order valence-electron chi connectivity index (χ1n) is 4.06. The van der Waals surface area contributed by atoms with E-state index in [9.17, 15) is 4.79 Å². The minimum Gasteiger partial charge on any atom is -0.478 e. The van der Waals surface area contributed by atoms with Gasteiger partial charge < -0.3 is 5.11 Å². The Labute approximate surface area is 76.5 Å². The number of hydrogen-bond donors (Lipinski definition) is 1. The molecule has 13 heavy (non-hydrogen) atoms. The average molecular weight is 180 g/mol. The first-order chi connectivity index (χ1) is 6.13. The maximum atomic E-state index is 10.5. The van der Waals surface area contributed by atoms with Crippen LogP contribution in [0.25, 0.3) is 0 Å². The highest BCUT2D eigenvalue weighted by Crippen LogP contribution is 2.03. The lowest BCUT2D eigenvalue weighted by molar-refractivity contribution is 0.0697. The molecule has 0 aromatic carbocycles. The first-order valence-corrected chi connectivity index (χ1v) is 4.06. The molecule has 4 heteroatoms. The van der Waals surface area contributed by atoms with Gasteiger partial charge in [-0.1, -0.05) is 19.1 Å². The number of hydrogen-bond acceptors (Lipinski definition) is 2. The average Bonchev–Trinajstić information content (AvgIpc) is 2.52. The van der Waals surface area contributed by atoms with Gasteiger partial charge in [0, 0.05) is 6.20 Å². The van der Waals surface area contributed by atoms with Gasteiger partial charge >= 0.3 is 5.97 Å². The molecule has 1 heterocycles. The Morgan fingerprint density at radius 1 is 1.77 bits per heavy atom. The molecule has 1 aromatic rings. The second-order valence-corrected chi connectivity index (χ2v) is 2.84. The lowest BCUT2D eigenvalue weighted by atomic mass is 10.2. The van der Waals surface area contributed by atoms with Crippen LogP contribution in [0.5, 0.6) is 0 Å². The summed E-state index contributed by atoms with van der Waals surface area (Å²) in [6.07, 6.45) is 3.72. The number of aromatic nitrogens is 2. The molecule has 1 aromatic heterocycles. The molecule has 0 aliphatic heterocycles. The molecule has 0 bridgehead atoms. The zero-order chi connectivity index (χ0) is 9.84. The van der Waals surface area contributed by atoms with Crippen molar-refractivity contribution in [2.75, 3.05) is 0 Å². The summed E-state index contributed by atoms with van der Waals surface area (Å²) in [5, 5.41) is 12.5. The second-order valence-electron chi connectivity index (χ2n) is 2.84. The van der Waals surface area contributed by atoms with Crippen molar-refractivity contribution in [1.29, 1.82) is 0 Å². The topological polar surface area (TPSA) is 55.1 Å². The Hall–Kier alpha value is -1.58. The SMILES string of the molecule is C=C(CC)Cn1cc(C(=O)O)cn1. The van der Waals surface area contributed by atoms with Gasteiger partial charge in [0.25, 0.3) is 0 Å². The van der Waals surface area contributed by atoms with E-state index in [2.05, 4.69) is 11.7 Å². The van der Waals surface area contributed by atoms with E-state index in [4.69, 9.17) is 5.11 Å². The predicted molar refractivity (Wildman–Crippen MR) is 48.6 cm³/mol. The third kappa shape index (κ3) is 2.43. The molecule has 0 saturated heterocycles. The Balaban J connectivity index is 2.69. The second kappa shape index (κ2) is 3.89. The van der Waals surface area contributed by atoms with E-state index in [0.717, 1.165) is 12.0 Å². The molecular weight excluding hydrogens is 168 g/mol. The highest BCUT2D eigenvalue weighted by molar-refractivity contribution is 5.86. The number of nitrogens with zero attached hydrogens (tertiary/aromatic N) is 2. The fourth-order valence-electron chi connectivity index (χ4n) is 0.901. The van der Waals surface area contributed by atoms with Gasteiger partial charge in [0.2, 0.25) is 0 Å². The molecule has 70 valence electrons. The van der Waals surface area contributed by atoms with E-state index in [1.54, 1.807) is 4.68 Å². The minimum absolute atomic E-state index is 0.212. The van der Waals surface area contributed by atoms with E-state index in [0.29, 0.717) is 6.54 Å². The summed E-state index contributed by atoms with van der Waals surface area (Å²) in [6.45, 7) is 6.41. The van der Waals surface area contributed by atoms with Crippen molar-refractivity contribution in [3.8, 4) is 0 Å². The zero-order valence-corrected chi connectivity index (χ0v) is 7.53. The molecule has 1 rings (SSSR count). The number of rotatable bonds is 4. The maximum absolute atomic E-state index is 10.5. The van der Waals surface area contributed by atoms with Crippen LogP contribution < -0.4 is 0 Å². The normalized spacial score (nSPS) is 9.92. The van der Waals surface area contributed by atoms with Crippen LogP contribution in [0.3, 0.4) is 0 Å². The van der Waals surface area contributed by atoms with Crippen molar-refractivity contribution in [2.24, 2.45) is 0 Å². The molecule has 0 atom stereocenters. The summed E-state index contributed by atoms with van der Waals surface area (Å²) in [4.78, 5) is 10.5. The lowest BCUT2D eigenvalue weighted by Crippen LogP contribution is -2.00. The summed E-state index contributed by atoms with van der Waals surface area (Å²) in [6, 6.07) is 0. The fraction of sp³-hybridized carbons (Fsp3) is 0.333. The van der Waals surface area contributed by atoms with E-state index < -0.39 is 5.97 Å². The number of carboxylic acid groups (broad SMARTS) is 1. The van der Waals surface area contributed by atoms with Gasteiger partial charge in [0.05, 0.1) is 18.3 Å². The molecular formula is C9H12N2O2. The van der Waals surface area contributed by atoms with Crippen LogP contribution in [0, 0.1) is 0 Å². The fourth-order valence-corrected chi connectivity index (χ4v) is 0.901. The third-order valence-electron chi connectivity index (χ3n) is 1.77. The minimum atomic E-state index is -0.951. The Bertz CT molecular complexity index is 328. The van der Waals surface area contributed by atoms with Crippen LogP contribution in [0.1, 0.15) is 23.7 Å². The predicted octanol–water partition coefficient (Wildman–Crippen LogP) is 1.55. The van der Waals surface area contributed by atoms with Crippen LogP contribution in [-0.2, 0) is 6.54 Å². The maximum Gasteiger partial charge on any atom is 0.338 e. The molecule has 0 radical (unpaired) electrons. The number of aromatic carboxylic acids is 1. The third-order valence-corrected chi connectivity index (χ3v) is 1.77. The summed E-state index contributed by atoms with van der Waals surface area (Å²) in [7, 11) is 0. The van der Waals surface area contributed by atoms with Crippen LogP contribution >= 0.6 is 0 Å². The van der Waals surface area contributed by atoms with Crippen molar-refractivity contribution in [3.63, 3.8) is 0 Å². The van der Waals surface area contributed by atoms with Crippen molar-refractivity contribution < 1.29 is 9.90 Å². The van der Waals surface area contributed by atoms with Gasteiger partial charge in [0.1, 0.15) is 0 Å². The number of carboxylic acids is 1. The Kier molecular flexibility index (Phi) is 2.84. The monoisotopic (exact) mass is 180 g/mol. The van der Waals surface area contributed by atoms with E-state index in [1.807, 2.05) is 6.92 Å². The molecule has 0 aliphatic rings. The van der Waals surface area contributed by atoms with Gasteiger partial charge in [-0.3, -0.25) is 4.68 Å². The van der Waals surface area contributed by atoms with Gasteiger partial charge in [-0.2, -0.15) is 5.10 Å². The van der Waals surface area contributed by atoms with Crippen LogP contribution in [-0.4, -0.2) is 20.9 Å². The van der Waals surface area contributed by atoms with E-state index in [-0.39, 0.29) is 5.56 Å². The van der Waals surface area contributed by atoms with Crippen molar-refractivity contribution in [2.45, 2.75) is 19.9 Å².